The van der Waals surface area contributed by atoms with Crippen LogP contribution in [0.15, 0.2) is 18.2 Å². The second kappa shape index (κ2) is 6.36. The zero-order chi connectivity index (χ0) is 14.5. The average molecular weight is 278 g/mol. The lowest BCUT2D eigenvalue weighted by molar-refractivity contribution is -0.384. The first kappa shape index (κ1) is 14.3. The van der Waals surface area contributed by atoms with E-state index in [2.05, 4.69) is 5.32 Å². The van der Waals surface area contributed by atoms with Gasteiger partial charge < -0.3 is 10.1 Å². The standard InChI is InChI=1S/C14H18N2O4/c1-20-13-9-11(16(18)19)7-8-12(13)14(17)15-10-5-3-2-4-6-10/h7-10H,2-6H2,1H3,(H,15,17). The Kier molecular flexibility index (Phi) is 4.55. The average Bonchev–Trinajstić information content (AvgIpc) is 2.47. The van der Waals surface area contributed by atoms with Gasteiger partial charge in [0.05, 0.1) is 23.7 Å². The van der Waals surface area contributed by atoms with Gasteiger partial charge in [-0.05, 0) is 18.9 Å². The topological polar surface area (TPSA) is 81.5 Å². The van der Waals surface area contributed by atoms with Crippen molar-refractivity contribution in [2.24, 2.45) is 0 Å². The summed E-state index contributed by atoms with van der Waals surface area (Å²) in [6.45, 7) is 0. The Hall–Kier alpha value is -2.11. The highest BCUT2D eigenvalue weighted by Crippen LogP contribution is 2.25. The monoisotopic (exact) mass is 278 g/mol. The highest BCUT2D eigenvalue weighted by molar-refractivity contribution is 5.97. The lowest BCUT2D eigenvalue weighted by Gasteiger charge is -2.23. The summed E-state index contributed by atoms with van der Waals surface area (Å²) >= 11 is 0. The summed E-state index contributed by atoms with van der Waals surface area (Å²) in [7, 11) is 1.40. The van der Waals surface area contributed by atoms with Crippen molar-refractivity contribution in [3.63, 3.8) is 0 Å². The van der Waals surface area contributed by atoms with E-state index >= 15 is 0 Å². The quantitative estimate of drug-likeness (QED) is 0.678. The number of hydrogen-bond acceptors (Lipinski definition) is 4. The predicted octanol–water partition coefficient (Wildman–Crippen LogP) is 2.67. The molecule has 20 heavy (non-hydrogen) atoms. The second-order valence-electron chi connectivity index (χ2n) is 4.95. The summed E-state index contributed by atoms with van der Waals surface area (Å²) < 4.78 is 5.08. The van der Waals surface area contributed by atoms with E-state index in [1.807, 2.05) is 0 Å². The van der Waals surface area contributed by atoms with Crippen LogP contribution in [-0.2, 0) is 0 Å². The maximum atomic E-state index is 12.2. The van der Waals surface area contributed by atoms with Crippen molar-refractivity contribution in [3.8, 4) is 5.75 Å². The van der Waals surface area contributed by atoms with E-state index in [1.54, 1.807) is 0 Å². The Balaban J connectivity index is 2.14. The van der Waals surface area contributed by atoms with Gasteiger partial charge in [0, 0.05) is 12.1 Å². The van der Waals surface area contributed by atoms with Gasteiger partial charge in [-0.15, -0.1) is 0 Å². The summed E-state index contributed by atoms with van der Waals surface area (Å²) in [5.74, 6) is -0.00356. The van der Waals surface area contributed by atoms with Gasteiger partial charge >= 0.3 is 0 Å². The van der Waals surface area contributed by atoms with Gasteiger partial charge in [-0.25, -0.2) is 0 Å². The van der Waals surface area contributed by atoms with E-state index in [9.17, 15) is 14.9 Å². The lowest BCUT2D eigenvalue weighted by Crippen LogP contribution is -2.36. The number of ether oxygens (including phenoxy) is 1. The van der Waals surface area contributed by atoms with Crippen LogP contribution in [0.2, 0.25) is 0 Å². The smallest absolute Gasteiger partial charge is 0.273 e. The SMILES string of the molecule is COc1cc([N+](=O)[O-])ccc1C(=O)NC1CCCCC1. The highest BCUT2D eigenvalue weighted by atomic mass is 16.6. The molecular formula is C14H18N2O4. The van der Waals surface area contributed by atoms with E-state index in [0.717, 1.165) is 25.7 Å². The predicted molar refractivity (Wildman–Crippen MR) is 74.0 cm³/mol. The summed E-state index contributed by atoms with van der Waals surface area (Å²) in [5.41, 5.74) is 0.250. The Bertz CT molecular complexity index is 510. The molecule has 0 spiro atoms. The number of benzene rings is 1. The molecule has 1 aromatic rings. The van der Waals surface area contributed by atoms with Gasteiger partial charge in [0.1, 0.15) is 5.75 Å². The summed E-state index contributed by atoms with van der Waals surface area (Å²) in [5, 5.41) is 13.7. The summed E-state index contributed by atoms with van der Waals surface area (Å²) in [6.07, 6.45) is 5.44. The molecule has 0 heterocycles. The van der Waals surface area contributed by atoms with Crippen molar-refractivity contribution < 1.29 is 14.5 Å². The molecule has 0 aromatic heterocycles. The van der Waals surface area contributed by atoms with Crippen LogP contribution in [-0.4, -0.2) is 24.0 Å². The summed E-state index contributed by atoms with van der Waals surface area (Å²) in [4.78, 5) is 22.4. The van der Waals surface area contributed by atoms with Crippen molar-refractivity contribution in [2.75, 3.05) is 7.11 Å². The third kappa shape index (κ3) is 3.26. The van der Waals surface area contributed by atoms with Crippen LogP contribution in [0.1, 0.15) is 42.5 Å². The number of nitrogens with zero attached hydrogens (tertiary/aromatic N) is 1. The van der Waals surface area contributed by atoms with Crippen LogP contribution in [0.3, 0.4) is 0 Å². The maximum Gasteiger partial charge on any atom is 0.273 e. The zero-order valence-electron chi connectivity index (χ0n) is 11.4. The molecule has 0 atom stereocenters. The zero-order valence-corrected chi connectivity index (χ0v) is 11.4. The highest BCUT2D eigenvalue weighted by Gasteiger charge is 2.20. The van der Waals surface area contributed by atoms with E-state index in [0.29, 0.717) is 5.56 Å². The van der Waals surface area contributed by atoms with E-state index < -0.39 is 4.92 Å². The molecule has 1 fully saturated rings. The van der Waals surface area contributed by atoms with Gasteiger partial charge in [-0.2, -0.15) is 0 Å². The van der Waals surface area contributed by atoms with Crippen LogP contribution in [0.5, 0.6) is 5.75 Å². The maximum absolute atomic E-state index is 12.2. The number of carbonyl (C=O) groups is 1. The molecule has 0 saturated heterocycles. The Morgan fingerprint density at radius 2 is 2.05 bits per heavy atom. The van der Waals surface area contributed by atoms with E-state index in [4.69, 9.17) is 4.74 Å². The molecule has 108 valence electrons. The minimum Gasteiger partial charge on any atom is -0.496 e. The lowest BCUT2D eigenvalue weighted by atomic mass is 9.95. The fourth-order valence-corrected chi connectivity index (χ4v) is 2.49. The Morgan fingerprint density at radius 1 is 1.35 bits per heavy atom. The second-order valence-corrected chi connectivity index (χ2v) is 4.95. The third-order valence-corrected chi connectivity index (χ3v) is 3.58. The molecule has 2 rings (SSSR count). The molecule has 0 aliphatic heterocycles. The molecule has 1 saturated carbocycles. The van der Waals surface area contributed by atoms with Crippen molar-refractivity contribution in [3.05, 3.63) is 33.9 Å². The minimum absolute atomic E-state index is 0.0870. The van der Waals surface area contributed by atoms with Crippen LogP contribution in [0, 0.1) is 10.1 Å². The summed E-state index contributed by atoms with van der Waals surface area (Å²) in [6, 6.07) is 4.22. The molecule has 1 aliphatic carbocycles. The fourth-order valence-electron chi connectivity index (χ4n) is 2.49. The molecule has 6 heteroatoms. The van der Waals surface area contributed by atoms with Crippen LogP contribution in [0.4, 0.5) is 5.69 Å². The molecule has 0 radical (unpaired) electrons. The van der Waals surface area contributed by atoms with Gasteiger partial charge in [0.25, 0.3) is 11.6 Å². The first-order valence-corrected chi connectivity index (χ1v) is 6.75. The number of rotatable bonds is 4. The molecular weight excluding hydrogens is 260 g/mol. The van der Waals surface area contributed by atoms with Crippen LogP contribution in [0.25, 0.3) is 0 Å². The first-order valence-electron chi connectivity index (χ1n) is 6.75. The van der Waals surface area contributed by atoms with E-state index in [1.165, 1.54) is 31.7 Å². The normalized spacial score (nSPS) is 15.7. The molecule has 0 bridgehead atoms. The Morgan fingerprint density at radius 3 is 2.65 bits per heavy atom. The fraction of sp³-hybridized carbons (Fsp3) is 0.500. The number of nitro benzene ring substituents is 1. The first-order chi connectivity index (χ1) is 9.61. The molecule has 1 N–H and O–H groups in total. The van der Waals surface area contributed by atoms with Gasteiger partial charge in [0.2, 0.25) is 0 Å². The van der Waals surface area contributed by atoms with Crippen LogP contribution >= 0.6 is 0 Å². The van der Waals surface area contributed by atoms with Gasteiger partial charge in [0.15, 0.2) is 0 Å². The van der Waals surface area contributed by atoms with Gasteiger partial charge in [-0.3, -0.25) is 14.9 Å². The van der Waals surface area contributed by atoms with Crippen molar-refractivity contribution >= 4 is 11.6 Å². The molecule has 6 nitrogen and oxygen atoms in total. The Labute approximate surface area is 117 Å². The number of carbonyl (C=O) groups excluding carboxylic acids is 1. The third-order valence-electron chi connectivity index (χ3n) is 3.58. The molecule has 1 aliphatic rings. The number of nitro groups is 1. The van der Waals surface area contributed by atoms with Crippen molar-refractivity contribution in [1.29, 1.82) is 0 Å². The van der Waals surface area contributed by atoms with Gasteiger partial charge in [-0.1, -0.05) is 19.3 Å². The number of hydrogen-bond donors (Lipinski definition) is 1. The van der Waals surface area contributed by atoms with Crippen LogP contribution < -0.4 is 10.1 Å². The number of nitrogens with one attached hydrogen (secondary N) is 1. The molecule has 1 amide bonds. The largest absolute Gasteiger partial charge is 0.496 e. The van der Waals surface area contributed by atoms with E-state index in [-0.39, 0.29) is 23.4 Å². The molecule has 1 aromatic carbocycles. The minimum atomic E-state index is -0.509. The molecule has 0 unspecified atom stereocenters. The number of non-ortho nitro benzene ring substituents is 1. The number of amides is 1. The number of methoxy groups -OCH3 is 1. The van der Waals surface area contributed by atoms with Crippen molar-refractivity contribution in [2.45, 2.75) is 38.1 Å². The van der Waals surface area contributed by atoms with Crippen molar-refractivity contribution in [1.82, 2.24) is 5.32 Å².